The molecule has 1 aliphatic heterocycles. The molecular weight excluding hydrogens is 539 g/mol. The molecule has 0 aliphatic carbocycles. The van der Waals surface area contributed by atoms with Crippen molar-refractivity contribution in [2.45, 2.75) is 38.1 Å². The minimum Gasteiger partial charge on any atom is -1.00 e. The second-order valence-corrected chi connectivity index (χ2v) is 9.19. The zero-order chi connectivity index (χ0) is 21.1. The summed E-state index contributed by atoms with van der Waals surface area (Å²) < 4.78 is 3.54. The second kappa shape index (κ2) is 10.7. The number of aliphatic carboxylic acids is 1. The molecule has 4 nitrogen and oxygen atoms in total. The minimum atomic E-state index is -0.770. The topological polar surface area (TPSA) is 44.4 Å². The molecule has 0 radical (unpaired) electrons. The third kappa shape index (κ3) is 5.15. The summed E-state index contributed by atoms with van der Waals surface area (Å²) in [4.78, 5) is 14.8. The van der Waals surface area contributed by atoms with Crippen molar-refractivity contribution in [2.24, 2.45) is 0 Å². The van der Waals surface area contributed by atoms with E-state index in [0.717, 1.165) is 28.7 Å². The number of halogens is 1. The Morgan fingerprint density at radius 3 is 2.58 bits per heavy atom. The van der Waals surface area contributed by atoms with E-state index in [4.69, 9.17) is 0 Å². The molecule has 0 spiro atoms. The summed E-state index contributed by atoms with van der Waals surface area (Å²) in [7, 11) is 0. The molecule has 0 saturated heterocycles. The number of rotatable bonds is 7. The number of fused-ring (bicyclic) bond motifs is 2. The van der Waals surface area contributed by atoms with Gasteiger partial charge >= 0.3 is 5.97 Å². The lowest BCUT2D eigenvalue weighted by Gasteiger charge is -2.18. The highest BCUT2D eigenvalue weighted by atomic mass is 127. The molecular formula is C24H25IN2O2S2. The highest BCUT2D eigenvalue weighted by Gasteiger charge is 2.24. The van der Waals surface area contributed by atoms with Crippen molar-refractivity contribution in [3.8, 4) is 0 Å². The van der Waals surface area contributed by atoms with Gasteiger partial charge in [0.2, 0.25) is 5.52 Å². The van der Waals surface area contributed by atoms with Gasteiger partial charge in [-0.1, -0.05) is 47.4 Å². The van der Waals surface area contributed by atoms with Crippen LogP contribution >= 0.6 is 23.1 Å². The van der Waals surface area contributed by atoms with Crippen LogP contribution in [0.4, 0.5) is 5.69 Å². The number of allylic oxidation sites excluding steroid dienone is 2. The van der Waals surface area contributed by atoms with Crippen molar-refractivity contribution in [1.82, 2.24) is 0 Å². The van der Waals surface area contributed by atoms with Crippen LogP contribution in [0.3, 0.4) is 0 Å². The lowest BCUT2D eigenvalue weighted by atomic mass is 10.1. The molecule has 7 heteroatoms. The largest absolute Gasteiger partial charge is 1.00 e. The van der Waals surface area contributed by atoms with Gasteiger partial charge in [-0.2, -0.15) is 4.57 Å². The number of thiazole rings is 1. The highest BCUT2D eigenvalue weighted by molar-refractivity contribution is 8.03. The lowest BCUT2D eigenvalue weighted by molar-refractivity contribution is -0.665. The van der Waals surface area contributed by atoms with Gasteiger partial charge in [-0.15, -0.1) is 0 Å². The Labute approximate surface area is 208 Å². The Bertz CT molecular complexity index is 1150. The van der Waals surface area contributed by atoms with E-state index in [1.165, 1.54) is 20.8 Å². The minimum absolute atomic E-state index is 0. The average molecular weight is 565 g/mol. The number of benzene rings is 2. The van der Waals surface area contributed by atoms with Crippen molar-refractivity contribution >= 4 is 51.0 Å². The van der Waals surface area contributed by atoms with Crippen molar-refractivity contribution in [3.63, 3.8) is 0 Å². The maximum Gasteiger partial charge on any atom is 0.303 e. The van der Waals surface area contributed by atoms with Gasteiger partial charge in [0.15, 0.2) is 0 Å². The number of anilines is 1. The quantitative estimate of drug-likeness (QED) is 0.354. The Morgan fingerprint density at radius 2 is 1.84 bits per heavy atom. The maximum absolute atomic E-state index is 11.3. The van der Waals surface area contributed by atoms with Gasteiger partial charge in [0.1, 0.15) is 11.2 Å². The molecule has 31 heavy (non-hydrogen) atoms. The number of carboxylic acid groups (broad SMARTS) is 1. The summed E-state index contributed by atoms with van der Waals surface area (Å²) in [5, 5.41) is 11.6. The number of aryl methyl sites for hydroxylation is 1. The molecule has 0 amide bonds. The highest BCUT2D eigenvalue weighted by Crippen LogP contribution is 2.46. The first-order chi connectivity index (χ1) is 14.6. The molecule has 0 atom stereocenters. The number of hydrogen-bond donors (Lipinski definition) is 1. The van der Waals surface area contributed by atoms with Gasteiger partial charge in [0.05, 0.1) is 10.7 Å². The van der Waals surface area contributed by atoms with Crippen LogP contribution in [0.2, 0.25) is 0 Å². The average Bonchev–Trinajstić information content (AvgIpc) is 3.28. The summed E-state index contributed by atoms with van der Waals surface area (Å²) in [5.74, 6) is -0.770. The Morgan fingerprint density at radius 1 is 1.10 bits per heavy atom. The summed E-state index contributed by atoms with van der Waals surface area (Å²) in [5.41, 5.74) is 3.48. The second-order valence-electron chi connectivity index (χ2n) is 7.06. The fraction of sp³-hybridized carbons (Fsp3) is 0.250. The van der Waals surface area contributed by atoms with E-state index in [1.54, 1.807) is 23.1 Å². The van der Waals surface area contributed by atoms with Crippen LogP contribution in [0, 0.1) is 0 Å². The molecule has 1 aromatic heterocycles. The van der Waals surface area contributed by atoms with E-state index in [9.17, 15) is 9.90 Å². The summed E-state index contributed by atoms with van der Waals surface area (Å²) in [6, 6.07) is 16.8. The van der Waals surface area contributed by atoms with Crippen LogP contribution < -0.4 is 33.4 Å². The standard InChI is InChI=1S/C24H24N2O2S2.HI/c1-3-25-18-9-5-7-11-20(18)29-22(25)15-17(13-14-24(27)28)16-23-26(4-2)19-10-6-8-12-21(19)30-23;/h5-12,15-16H,3-4,13-14H2,1-2H3;1H. The third-order valence-corrected chi connectivity index (χ3v) is 7.38. The summed E-state index contributed by atoms with van der Waals surface area (Å²) >= 11 is 3.50. The van der Waals surface area contributed by atoms with Gasteiger partial charge < -0.3 is 34.0 Å². The molecule has 1 N–H and O–H groups in total. The SMILES string of the molecule is CCN1/C(=C/C(=C/c2sc3ccccc3[n+]2CC)CCC(=O)O)Sc2ccccc21.[I-]. The number of thioether (sulfide) groups is 1. The zero-order valence-electron chi connectivity index (χ0n) is 17.5. The van der Waals surface area contributed by atoms with Crippen molar-refractivity contribution in [3.05, 3.63) is 70.2 Å². The van der Waals surface area contributed by atoms with Crippen molar-refractivity contribution in [1.29, 1.82) is 0 Å². The van der Waals surface area contributed by atoms with Crippen LogP contribution in [-0.2, 0) is 11.3 Å². The smallest absolute Gasteiger partial charge is 0.303 e. The molecule has 4 rings (SSSR count). The lowest BCUT2D eigenvalue weighted by Crippen LogP contribution is -3.00. The molecule has 0 fully saturated rings. The molecule has 1 aliphatic rings. The number of nitrogens with zero attached hydrogens (tertiary/aromatic N) is 2. The van der Waals surface area contributed by atoms with Gasteiger partial charge in [0.25, 0.3) is 5.01 Å². The van der Waals surface area contributed by atoms with Crippen molar-refractivity contribution in [2.75, 3.05) is 11.4 Å². The predicted molar refractivity (Wildman–Crippen MR) is 126 cm³/mol. The monoisotopic (exact) mass is 564 g/mol. The molecule has 3 aromatic rings. The van der Waals surface area contributed by atoms with Crippen LogP contribution in [-0.4, -0.2) is 17.6 Å². The number of carboxylic acids is 1. The summed E-state index contributed by atoms with van der Waals surface area (Å²) in [6.45, 7) is 6.04. The molecule has 0 saturated carbocycles. The van der Waals surface area contributed by atoms with Crippen LogP contribution in [0.15, 0.2) is 70.1 Å². The van der Waals surface area contributed by atoms with E-state index < -0.39 is 5.97 Å². The molecule has 0 bridgehead atoms. The van der Waals surface area contributed by atoms with Gasteiger partial charge in [0, 0.05) is 30.0 Å². The van der Waals surface area contributed by atoms with E-state index in [0.29, 0.717) is 6.42 Å². The summed E-state index contributed by atoms with van der Waals surface area (Å²) in [6.07, 6.45) is 4.96. The molecule has 0 unspecified atom stereocenters. The van der Waals surface area contributed by atoms with Crippen LogP contribution in [0.1, 0.15) is 31.7 Å². The molecule has 2 aromatic carbocycles. The number of hydrogen-bond acceptors (Lipinski definition) is 4. The van der Waals surface area contributed by atoms with Crippen LogP contribution in [0.25, 0.3) is 16.3 Å². The number of aromatic nitrogens is 1. The van der Waals surface area contributed by atoms with E-state index in [2.05, 4.69) is 84.0 Å². The van der Waals surface area contributed by atoms with Gasteiger partial charge in [-0.05, 0) is 50.1 Å². The van der Waals surface area contributed by atoms with Gasteiger partial charge in [-0.25, -0.2) is 0 Å². The van der Waals surface area contributed by atoms with E-state index in [-0.39, 0.29) is 30.4 Å². The third-order valence-electron chi connectivity index (χ3n) is 5.15. The molecule has 162 valence electrons. The Kier molecular flexibility index (Phi) is 8.18. The van der Waals surface area contributed by atoms with Crippen LogP contribution in [0.5, 0.6) is 0 Å². The zero-order valence-corrected chi connectivity index (χ0v) is 21.3. The molecule has 2 heterocycles. The van der Waals surface area contributed by atoms with Crippen molar-refractivity contribution < 1.29 is 38.4 Å². The maximum atomic E-state index is 11.3. The Balaban J connectivity index is 0.00000272. The number of para-hydroxylation sites is 2. The number of carbonyl (C=O) groups is 1. The fourth-order valence-corrected chi connectivity index (χ4v) is 6.13. The van der Waals surface area contributed by atoms with Gasteiger partial charge in [-0.3, -0.25) is 4.79 Å². The van der Waals surface area contributed by atoms with E-state index in [1.807, 2.05) is 0 Å². The predicted octanol–water partition coefficient (Wildman–Crippen LogP) is 2.93. The first kappa shape index (κ1) is 23.8. The Hall–Kier alpha value is -1.84. The normalized spacial score (nSPS) is 14.7. The fourth-order valence-electron chi connectivity index (χ4n) is 3.73. The van der Waals surface area contributed by atoms with E-state index >= 15 is 0 Å². The first-order valence-electron chi connectivity index (χ1n) is 10.2. The first-order valence-corrected chi connectivity index (χ1v) is 11.8.